The average Bonchev–Trinajstić information content (AvgIpc) is 4.15. The molecule has 1 saturated heterocycles. The number of urea groups is 1. The van der Waals surface area contributed by atoms with E-state index in [0.29, 0.717) is 44.3 Å². The first-order chi connectivity index (χ1) is 41.5. The molecule has 9 N–H and O–H groups in total. The number of methoxy groups -OCH3 is 2. The number of benzene rings is 1. The van der Waals surface area contributed by atoms with E-state index < -0.39 is 126 Å². The first-order valence-corrected chi connectivity index (χ1v) is 31.1. The van der Waals surface area contributed by atoms with Gasteiger partial charge < -0.3 is 66.9 Å². The van der Waals surface area contributed by atoms with Gasteiger partial charge in [0.15, 0.2) is 5.78 Å². The minimum Gasteiger partial charge on any atom is -0.386 e. The zero-order chi connectivity index (χ0) is 66.1. The fourth-order valence-corrected chi connectivity index (χ4v) is 11.6. The van der Waals surface area contributed by atoms with Crippen LogP contribution < -0.4 is 37.6 Å². The fraction of sp³-hybridized carbons (Fsp3) is 0.698. The van der Waals surface area contributed by atoms with Gasteiger partial charge in [-0.1, -0.05) is 99.1 Å². The zero-order valence-corrected chi connectivity index (χ0v) is 54.4. The molecule has 494 valence electrons. The molecule has 25 heteroatoms. The zero-order valence-electron chi connectivity index (χ0n) is 54.4. The summed E-state index contributed by atoms with van der Waals surface area (Å²) in [4.78, 5) is 153. The minimum absolute atomic E-state index is 0.0169. The Labute approximate surface area is 520 Å². The topological polar surface area (TPSA) is 338 Å². The lowest BCUT2D eigenvalue weighted by Gasteiger charge is -2.41. The number of aliphatic hydroxyl groups is 1. The number of nitrogens with zero attached hydrogens (tertiary/aromatic N) is 4. The third kappa shape index (κ3) is 22.3. The lowest BCUT2D eigenvalue weighted by Crippen LogP contribution is -2.60. The first kappa shape index (κ1) is 75.4. The molecule has 12 atom stereocenters. The number of hydrogen-bond acceptors (Lipinski definition) is 15. The number of aliphatic hydroxyl groups excluding tert-OH is 1. The molecule has 1 aromatic rings. The Balaban J connectivity index is 1.71. The Kier molecular flexibility index (Phi) is 31.9. The van der Waals surface area contributed by atoms with Crippen molar-refractivity contribution in [3.05, 3.63) is 48.0 Å². The molecule has 0 aromatic heterocycles. The van der Waals surface area contributed by atoms with E-state index in [-0.39, 0.29) is 87.2 Å². The summed E-state index contributed by atoms with van der Waals surface area (Å²) < 4.78 is 12.0. The summed E-state index contributed by atoms with van der Waals surface area (Å²) in [6, 6.07) is 3.39. The van der Waals surface area contributed by atoms with Crippen LogP contribution in [0.3, 0.4) is 0 Å². The summed E-state index contributed by atoms with van der Waals surface area (Å²) in [5.74, 6) is -7.71. The number of nitrogens with two attached hydrogens (primary N) is 1. The molecule has 3 rings (SSSR count). The third-order valence-electron chi connectivity index (χ3n) is 16.9. The highest BCUT2D eigenvalue weighted by atomic mass is 16.5. The number of rotatable bonds is 39. The summed E-state index contributed by atoms with van der Waals surface area (Å²) in [5.41, 5.74) is 5.92. The van der Waals surface area contributed by atoms with Crippen LogP contribution in [0.5, 0.6) is 0 Å². The van der Waals surface area contributed by atoms with E-state index in [1.54, 1.807) is 79.5 Å². The SMILES string of the molecule is CC[C@H](C)[C@@H]([C@@H](CC(=O)N1CCC[C@H]1[C@H](OC)[C@@H](C)C(=O)N[C@H](C)[C@@H](O)c1ccccc1)OC)N(C)C(=O)[C@@H](NC(=O)[C@H](C(C)C)N(C)C(=O)CNC(=O)C(CCCNC(N)=O)CC(=O)[C@@H](NC(=O)CCNCCCN1C(=O)C=CC1=O)C(C)C)C(C)C. The van der Waals surface area contributed by atoms with Gasteiger partial charge in [0.25, 0.3) is 11.8 Å². The number of primary amides is 1. The Morgan fingerprint density at radius 2 is 1.38 bits per heavy atom. The maximum Gasteiger partial charge on any atom is 0.312 e. The Hall–Kier alpha value is -6.83. The molecule has 25 nitrogen and oxygen atoms in total. The first-order valence-electron chi connectivity index (χ1n) is 31.1. The number of imide groups is 1. The summed E-state index contributed by atoms with van der Waals surface area (Å²) in [6.45, 7) is 18.8. The van der Waals surface area contributed by atoms with Crippen molar-refractivity contribution in [1.29, 1.82) is 0 Å². The van der Waals surface area contributed by atoms with Gasteiger partial charge in [-0.2, -0.15) is 0 Å². The van der Waals surface area contributed by atoms with Crippen molar-refractivity contribution in [3.8, 4) is 0 Å². The second-order valence-corrected chi connectivity index (χ2v) is 24.5. The highest BCUT2D eigenvalue weighted by molar-refractivity contribution is 6.12. The fourth-order valence-electron chi connectivity index (χ4n) is 11.6. The maximum absolute atomic E-state index is 14.8. The minimum atomic E-state index is -1.12. The monoisotopic (exact) mass is 1240 g/mol. The number of ketones is 1. The maximum atomic E-state index is 14.8. The van der Waals surface area contributed by atoms with Gasteiger partial charge in [-0.25, -0.2) is 4.79 Å². The third-order valence-corrected chi connectivity index (χ3v) is 16.9. The second kappa shape index (κ2) is 37.2. The predicted molar refractivity (Wildman–Crippen MR) is 331 cm³/mol. The van der Waals surface area contributed by atoms with E-state index in [2.05, 4.69) is 31.9 Å². The van der Waals surface area contributed by atoms with E-state index in [9.17, 15) is 57.8 Å². The lowest BCUT2D eigenvalue weighted by atomic mass is 9.89. The highest BCUT2D eigenvalue weighted by Gasteiger charge is 2.44. The average molecular weight is 1240 g/mol. The molecule has 0 radical (unpaired) electrons. The molecule has 0 aliphatic carbocycles. The highest BCUT2D eigenvalue weighted by Crippen LogP contribution is 2.30. The van der Waals surface area contributed by atoms with Crippen molar-refractivity contribution in [2.45, 2.75) is 182 Å². The lowest BCUT2D eigenvalue weighted by molar-refractivity contribution is -0.148. The van der Waals surface area contributed by atoms with Crippen molar-refractivity contribution in [2.75, 3.05) is 67.6 Å². The molecule has 2 heterocycles. The second-order valence-electron chi connectivity index (χ2n) is 24.5. The van der Waals surface area contributed by atoms with Crippen LogP contribution in [-0.4, -0.2) is 206 Å². The van der Waals surface area contributed by atoms with Gasteiger partial charge in [0.2, 0.25) is 41.4 Å². The van der Waals surface area contributed by atoms with Gasteiger partial charge in [0, 0.05) is 85.4 Å². The molecule has 1 fully saturated rings. The van der Waals surface area contributed by atoms with Crippen LogP contribution in [0.1, 0.15) is 139 Å². The van der Waals surface area contributed by atoms with Crippen LogP contribution in [-0.2, 0) is 57.4 Å². The van der Waals surface area contributed by atoms with E-state index in [0.717, 1.165) is 4.90 Å². The van der Waals surface area contributed by atoms with E-state index >= 15 is 0 Å². The molecule has 2 aliphatic rings. The van der Waals surface area contributed by atoms with Crippen LogP contribution in [0.15, 0.2) is 42.5 Å². The number of amides is 11. The number of hydrogen-bond donors (Lipinski definition) is 8. The number of likely N-dealkylation sites (tertiary alicyclic amines) is 1. The molecule has 1 unspecified atom stereocenters. The van der Waals surface area contributed by atoms with Crippen molar-refractivity contribution >= 4 is 65.0 Å². The molecule has 11 amide bonds. The molecule has 88 heavy (non-hydrogen) atoms. The van der Waals surface area contributed by atoms with Gasteiger partial charge in [-0.3, -0.25) is 52.8 Å². The summed E-state index contributed by atoms with van der Waals surface area (Å²) in [7, 11) is 6.03. The summed E-state index contributed by atoms with van der Waals surface area (Å²) >= 11 is 0. The van der Waals surface area contributed by atoms with Crippen molar-refractivity contribution in [1.82, 2.24) is 51.5 Å². The van der Waals surface area contributed by atoms with Gasteiger partial charge >= 0.3 is 6.03 Å². The van der Waals surface area contributed by atoms with E-state index in [4.69, 9.17) is 15.2 Å². The van der Waals surface area contributed by atoms with Crippen LogP contribution in [0.25, 0.3) is 0 Å². The number of Topliss-reactive ketones (excluding diaryl/α,β-unsaturated/α-hetero) is 1. The molecule has 0 spiro atoms. The van der Waals surface area contributed by atoms with E-state index in [1.807, 2.05) is 32.0 Å². The van der Waals surface area contributed by atoms with Crippen molar-refractivity contribution in [3.63, 3.8) is 0 Å². The number of likely N-dealkylation sites (N-methyl/N-ethyl adjacent to an activating group) is 2. The van der Waals surface area contributed by atoms with Crippen LogP contribution in [0, 0.1) is 35.5 Å². The Morgan fingerprint density at radius 1 is 0.739 bits per heavy atom. The normalized spacial score (nSPS) is 17.9. The molecule has 0 bridgehead atoms. The molecule has 0 saturated carbocycles. The summed E-state index contributed by atoms with van der Waals surface area (Å²) in [6.07, 6.45) is 2.28. The number of carbonyl (C=O) groups excluding carboxylic acids is 11. The van der Waals surface area contributed by atoms with Gasteiger partial charge in [-0.05, 0) is 74.8 Å². The van der Waals surface area contributed by atoms with Crippen LogP contribution in [0.4, 0.5) is 4.79 Å². The summed E-state index contributed by atoms with van der Waals surface area (Å²) in [5, 5.41) is 27.8. The van der Waals surface area contributed by atoms with Crippen LogP contribution in [0.2, 0.25) is 0 Å². The molecular formula is C63H103N11O14. The van der Waals surface area contributed by atoms with Gasteiger partial charge in [-0.15, -0.1) is 0 Å². The van der Waals surface area contributed by atoms with Crippen LogP contribution >= 0.6 is 0 Å². The predicted octanol–water partition coefficient (Wildman–Crippen LogP) is 2.34. The van der Waals surface area contributed by atoms with Gasteiger partial charge in [0.1, 0.15) is 12.1 Å². The van der Waals surface area contributed by atoms with Crippen molar-refractivity contribution in [2.24, 2.45) is 41.2 Å². The molecule has 2 aliphatic heterocycles. The smallest absolute Gasteiger partial charge is 0.312 e. The molecule has 1 aromatic carbocycles. The number of ether oxygens (including phenoxy) is 2. The standard InChI is InChI=1S/C63H103N11O14/c1-15-40(8)56(47(87-13)35-51(79)73-32-20-25-45(73)58(88-14)41(9)59(82)68-42(10)57(81)43-22-17-16-18-23-43)72(12)62(85)54(38(4)5)70-61(84)55(39(6)7)71(11)52(80)36-67-60(83)44(24-19-30-66-63(64)86)34-46(75)53(37(2)3)69-48(76)28-31-65-29-21-33-74-49(77)26-27-50(74)78/h16-18,22-23,26-27,37-42,44-45,47,53-58,65,81H,15,19-21,24-25,28-36H2,1-14H3,(H,67,83)(H,68,82)(H,69,76)(H,70,84)(H3,64,66,86)/t40-,41+,42+,44?,45-,47+,53-,54-,55-,56-,57+,58+/m0/s1. The van der Waals surface area contributed by atoms with E-state index in [1.165, 1.54) is 43.2 Å². The van der Waals surface area contributed by atoms with Crippen molar-refractivity contribution < 1.29 is 67.3 Å². The largest absolute Gasteiger partial charge is 0.386 e. The molecular weight excluding hydrogens is 1130 g/mol. The van der Waals surface area contributed by atoms with Gasteiger partial charge in [0.05, 0.1) is 61.4 Å². The Morgan fingerprint density at radius 3 is 1.94 bits per heavy atom. The quantitative estimate of drug-likeness (QED) is 0.0347. The number of nitrogens with one attached hydrogen (secondary N) is 6. The number of carbonyl (C=O) groups is 11. The Bertz CT molecular complexity index is 2510.